The molecule has 2 rings (SSSR count). The van der Waals surface area contributed by atoms with Gasteiger partial charge in [-0.2, -0.15) is 4.98 Å². The minimum Gasteiger partial charge on any atom is -0.339 e. The highest BCUT2D eigenvalue weighted by molar-refractivity contribution is 5.26. The van der Waals surface area contributed by atoms with E-state index in [0.29, 0.717) is 24.7 Å². The molecule has 4 nitrogen and oxygen atoms in total. The summed E-state index contributed by atoms with van der Waals surface area (Å²) < 4.78 is 5.13. The zero-order valence-corrected chi connectivity index (χ0v) is 10.6. The molecule has 2 heterocycles. The number of hydrogen-bond acceptors (Lipinski definition) is 4. The van der Waals surface area contributed by atoms with Crippen molar-refractivity contribution in [2.45, 2.75) is 32.6 Å². The summed E-state index contributed by atoms with van der Waals surface area (Å²) in [6.45, 7) is 4.07. The van der Waals surface area contributed by atoms with Crippen molar-refractivity contribution < 1.29 is 4.52 Å². The normalized spacial score (nSPS) is 10.2. The molecule has 0 unspecified atom stereocenters. The Morgan fingerprint density at radius 2 is 2.22 bits per heavy atom. The van der Waals surface area contributed by atoms with Crippen LogP contribution in [-0.4, -0.2) is 15.1 Å². The molecule has 92 valence electrons. The molecule has 4 heteroatoms. The van der Waals surface area contributed by atoms with E-state index in [1.165, 1.54) is 0 Å². The molecular weight excluding hydrogens is 226 g/mol. The summed E-state index contributed by atoms with van der Waals surface area (Å²) in [6.07, 6.45) is 3.10. The van der Waals surface area contributed by atoms with Crippen LogP contribution in [0.2, 0.25) is 0 Å². The first-order valence-corrected chi connectivity index (χ1v) is 5.98. The molecule has 0 saturated heterocycles. The fourth-order valence-electron chi connectivity index (χ4n) is 1.36. The largest absolute Gasteiger partial charge is 0.339 e. The Kier molecular flexibility index (Phi) is 4.08. The predicted molar refractivity (Wildman–Crippen MR) is 67.8 cm³/mol. The maximum atomic E-state index is 5.13. The molecule has 18 heavy (non-hydrogen) atoms. The fourth-order valence-corrected chi connectivity index (χ4v) is 1.36. The van der Waals surface area contributed by atoms with E-state index in [-0.39, 0.29) is 0 Å². The van der Waals surface area contributed by atoms with Gasteiger partial charge in [-0.3, -0.25) is 0 Å². The highest BCUT2D eigenvalue weighted by Gasteiger charge is 2.08. The molecule has 0 radical (unpaired) electrons. The molecule has 0 aliphatic heterocycles. The van der Waals surface area contributed by atoms with Crippen molar-refractivity contribution in [3.8, 4) is 11.8 Å². The minimum atomic E-state index is 0.294. The molecule has 0 aromatic carbocycles. The van der Waals surface area contributed by atoms with Crippen molar-refractivity contribution in [2.24, 2.45) is 0 Å². The molecule has 0 aliphatic carbocycles. The van der Waals surface area contributed by atoms with Gasteiger partial charge in [-0.25, -0.2) is 4.98 Å². The summed E-state index contributed by atoms with van der Waals surface area (Å²) in [6, 6.07) is 5.68. The smallest absolute Gasteiger partial charge is 0.227 e. The number of nitrogens with zero attached hydrogens (tertiary/aromatic N) is 3. The summed E-state index contributed by atoms with van der Waals surface area (Å²) in [7, 11) is 0. The number of rotatable bonds is 3. The van der Waals surface area contributed by atoms with Gasteiger partial charge in [-0.05, 0) is 18.1 Å². The summed E-state index contributed by atoms with van der Waals surface area (Å²) in [5, 5.41) is 3.91. The lowest BCUT2D eigenvalue weighted by Crippen LogP contribution is -1.90. The third-order valence-corrected chi connectivity index (χ3v) is 2.35. The second-order valence-electron chi connectivity index (χ2n) is 4.22. The van der Waals surface area contributed by atoms with Crippen molar-refractivity contribution in [3.05, 3.63) is 41.8 Å². The van der Waals surface area contributed by atoms with Crippen LogP contribution in [0.4, 0.5) is 0 Å². The zero-order chi connectivity index (χ0) is 12.8. The van der Waals surface area contributed by atoms with E-state index in [1.54, 1.807) is 6.20 Å². The molecule has 2 aromatic rings. The Labute approximate surface area is 106 Å². The van der Waals surface area contributed by atoms with Crippen molar-refractivity contribution in [1.82, 2.24) is 15.1 Å². The highest BCUT2D eigenvalue weighted by Crippen LogP contribution is 2.10. The van der Waals surface area contributed by atoms with Crippen LogP contribution in [-0.2, 0) is 6.42 Å². The second kappa shape index (κ2) is 5.97. The van der Waals surface area contributed by atoms with Crippen molar-refractivity contribution in [3.63, 3.8) is 0 Å². The van der Waals surface area contributed by atoms with Gasteiger partial charge < -0.3 is 4.52 Å². The van der Waals surface area contributed by atoms with Crippen LogP contribution in [0, 0.1) is 11.8 Å². The number of aryl methyl sites for hydroxylation is 1. The summed E-state index contributed by atoms with van der Waals surface area (Å²) in [5.74, 6) is 7.74. The first kappa shape index (κ1) is 12.3. The van der Waals surface area contributed by atoms with E-state index in [0.717, 1.165) is 11.5 Å². The minimum absolute atomic E-state index is 0.294. The molecule has 0 fully saturated rings. The van der Waals surface area contributed by atoms with Crippen LogP contribution in [0.1, 0.15) is 43.6 Å². The third kappa shape index (κ3) is 3.42. The van der Waals surface area contributed by atoms with E-state index in [2.05, 4.69) is 27.0 Å². The molecule has 0 saturated carbocycles. The predicted octanol–water partition coefficient (Wildman–Crippen LogP) is 2.57. The van der Waals surface area contributed by atoms with Crippen molar-refractivity contribution >= 4 is 0 Å². The van der Waals surface area contributed by atoms with Gasteiger partial charge in [0.15, 0.2) is 5.82 Å². The number of hydrogen-bond donors (Lipinski definition) is 0. The average molecular weight is 241 g/mol. The Morgan fingerprint density at radius 1 is 1.33 bits per heavy atom. The second-order valence-corrected chi connectivity index (χ2v) is 4.22. The number of pyridine rings is 1. The van der Waals surface area contributed by atoms with Gasteiger partial charge in [-0.15, -0.1) is 0 Å². The Morgan fingerprint density at radius 3 is 2.89 bits per heavy atom. The molecular formula is C14H15N3O. The van der Waals surface area contributed by atoms with E-state index >= 15 is 0 Å². The van der Waals surface area contributed by atoms with E-state index in [1.807, 2.05) is 32.0 Å². The molecule has 0 bridgehead atoms. The lowest BCUT2D eigenvalue weighted by molar-refractivity contribution is 0.372. The molecule has 0 amide bonds. The lowest BCUT2D eigenvalue weighted by atomic mass is 10.2. The fraction of sp³-hybridized carbons (Fsp3) is 0.357. The maximum absolute atomic E-state index is 5.13. The van der Waals surface area contributed by atoms with Crippen LogP contribution in [0.5, 0.6) is 0 Å². The Bertz CT molecular complexity index is 549. The topological polar surface area (TPSA) is 51.8 Å². The SMILES string of the molecule is CC(C)c1noc(CCC#Cc2ccccn2)n1. The van der Waals surface area contributed by atoms with Gasteiger partial charge in [0, 0.05) is 25.0 Å². The molecule has 0 spiro atoms. The van der Waals surface area contributed by atoms with Gasteiger partial charge >= 0.3 is 0 Å². The first-order valence-electron chi connectivity index (χ1n) is 5.98. The van der Waals surface area contributed by atoms with Crippen LogP contribution >= 0.6 is 0 Å². The molecule has 0 aliphatic rings. The summed E-state index contributed by atoms with van der Waals surface area (Å²) in [4.78, 5) is 8.42. The first-order chi connectivity index (χ1) is 8.75. The Hall–Kier alpha value is -2.15. The van der Waals surface area contributed by atoms with E-state index in [4.69, 9.17) is 4.52 Å². The van der Waals surface area contributed by atoms with E-state index in [9.17, 15) is 0 Å². The molecule has 0 atom stereocenters. The van der Waals surface area contributed by atoms with Crippen LogP contribution < -0.4 is 0 Å². The Balaban J connectivity index is 1.87. The molecule has 0 N–H and O–H groups in total. The van der Waals surface area contributed by atoms with Gasteiger partial charge in [0.2, 0.25) is 5.89 Å². The third-order valence-electron chi connectivity index (χ3n) is 2.35. The van der Waals surface area contributed by atoms with Crippen molar-refractivity contribution in [2.75, 3.05) is 0 Å². The zero-order valence-electron chi connectivity index (χ0n) is 10.6. The standard InChI is InChI=1S/C14H15N3O/c1-11(2)14-16-13(18-17-14)9-4-3-7-12-8-5-6-10-15-12/h5-6,8,10-11H,4,9H2,1-2H3. The summed E-state index contributed by atoms with van der Waals surface area (Å²) >= 11 is 0. The molecule has 2 aromatic heterocycles. The van der Waals surface area contributed by atoms with Crippen LogP contribution in [0.25, 0.3) is 0 Å². The van der Waals surface area contributed by atoms with E-state index < -0.39 is 0 Å². The highest BCUT2D eigenvalue weighted by atomic mass is 16.5. The van der Waals surface area contributed by atoms with Gasteiger partial charge in [-0.1, -0.05) is 31.0 Å². The van der Waals surface area contributed by atoms with Crippen LogP contribution in [0.3, 0.4) is 0 Å². The summed E-state index contributed by atoms with van der Waals surface area (Å²) in [5.41, 5.74) is 0.783. The van der Waals surface area contributed by atoms with Gasteiger partial charge in [0.05, 0.1) is 0 Å². The quantitative estimate of drug-likeness (QED) is 0.775. The van der Waals surface area contributed by atoms with Crippen molar-refractivity contribution in [1.29, 1.82) is 0 Å². The average Bonchev–Trinajstić information content (AvgIpc) is 2.85. The lowest BCUT2D eigenvalue weighted by Gasteiger charge is -1.91. The number of aromatic nitrogens is 3. The monoisotopic (exact) mass is 241 g/mol. The van der Waals surface area contributed by atoms with Crippen LogP contribution in [0.15, 0.2) is 28.9 Å². The van der Waals surface area contributed by atoms with Gasteiger partial charge in [0.1, 0.15) is 5.69 Å². The maximum Gasteiger partial charge on any atom is 0.227 e. The van der Waals surface area contributed by atoms with Gasteiger partial charge in [0.25, 0.3) is 0 Å².